The van der Waals surface area contributed by atoms with Gasteiger partial charge in [0, 0.05) is 25.2 Å². The fourth-order valence-electron chi connectivity index (χ4n) is 4.16. The lowest BCUT2D eigenvalue weighted by Crippen LogP contribution is -2.52. The van der Waals surface area contributed by atoms with Gasteiger partial charge in [-0.15, -0.1) is 0 Å². The standard InChI is InChI=1S/C25H25NO2/c27-24(21-12-6-2-7-13-21)23-19-26(18-20-10-4-1-5-11-20)17-16-25(23,28)22-14-8-3-9-15-22/h1-15,23,28H,16-19H2/t23-,25-/m0/s1. The first-order valence-corrected chi connectivity index (χ1v) is 9.80. The van der Waals surface area contributed by atoms with E-state index >= 15 is 0 Å². The van der Waals surface area contributed by atoms with Crippen LogP contribution in [0, 0.1) is 5.92 Å². The lowest BCUT2D eigenvalue weighted by Gasteiger charge is -2.44. The average Bonchev–Trinajstić information content (AvgIpc) is 2.77. The van der Waals surface area contributed by atoms with Gasteiger partial charge in [0.25, 0.3) is 0 Å². The Kier molecular flexibility index (Phi) is 5.38. The SMILES string of the molecule is O=C(c1ccccc1)[C@@H]1CN(Cc2ccccc2)CC[C@]1(O)c1ccccc1. The molecule has 0 spiro atoms. The Bertz CT molecular complexity index is 911. The quantitative estimate of drug-likeness (QED) is 0.681. The van der Waals surface area contributed by atoms with E-state index in [0.717, 1.165) is 18.7 Å². The van der Waals surface area contributed by atoms with Crippen molar-refractivity contribution in [1.29, 1.82) is 0 Å². The third-order valence-electron chi connectivity index (χ3n) is 5.72. The van der Waals surface area contributed by atoms with E-state index in [-0.39, 0.29) is 5.78 Å². The van der Waals surface area contributed by atoms with Gasteiger partial charge in [0.15, 0.2) is 5.78 Å². The van der Waals surface area contributed by atoms with Crippen LogP contribution in [-0.4, -0.2) is 28.9 Å². The molecular weight excluding hydrogens is 346 g/mol. The van der Waals surface area contributed by atoms with E-state index in [0.29, 0.717) is 18.5 Å². The number of carbonyl (C=O) groups is 1. The molecule has 1 N–H and O–H groups in total. The molecule has 1 saturated heterocycles. The number of ketones is 1. The second kappa shape index (κ2) is 8.09. The minimum Gasteiger partial charge on any atom is -0.384 e. The molecule has 0 amide bonds. The van der Waals surface area contributed by atoms with Crippen molar-refractivity contribution >= 4 is 5.78 Å². The highest BCUT2D eigenvalue weighted by Gasteiger charge is 2.46. The Morgan fingerprint density at radius 2 is 1.46 bits per heavy atom. The third-order valence-corrected chi connectivity index (χ3v) is 5.72. The molecule has 4 rings (SSSR count). The first-order valence-electron chi connectivity index (χ1n) is 9.80. The van der Waals surface area contributed by atoms with Crippen molar-refractivity contribution in [2.75, 3.05) is 13.1 Å². The summed E-state index contributed by atoms with van der Waals surface area (Å²) >= 11 is 0. The maximum atomic E-state index is 13.4. The zero-order valence-corrected chi connectivity index (χ0v) is 15.9. The second-order valence-corrected chi connectivity index (χ2v) is 7.54. The zero-order chi connectivity index (χ0) is 19.4. The summed E-state index contributed by atoms with van der Waals surface area (Å²) in [6, 6.07) is 29.3. The van der Waals surface area contributed by atoms with Crippen LogP contribution < -0.4 is 0 Å². The fourth-order valence-corrected chi connectivity index (χ4v) is 4.16. The van der Waals surface area contributed by atoms with Gasteiger partial charge in [0.05, 0.1) is 5.92 Å². The number of piperidine rings is 1. The molecule has 142 valence electrons. The number of benzene rings is 3. The Hall–Kier alpha value is -2.75. The summed E-state index contributed by atoms with van der Waals surface area (Å²) in [7, 11) is 0. The Labute approximate surface area is 166 Å². The molecule has 1 fully saturated rings. The molecule has 0 unspecified atom stereocenters. The van der Waals surface area contributed by atoms with Crippen LogP contribution in [-0.2, 0) is 12.1 Å². The maximum Gasteiger partial charge on any atom is 0.170 e. The lowest BCUT2D eigenvalue weighted by atomic mass is 9.72. The summed E-state index contributed by atoms with van der Waals surface area (Å²) < 4.78 is 0. The van der Waals surface area contributed by atoms with Crippen molar-refractivity contribution < 1.29 is 9.90 Å². The molecule has 1 aliphatic heterocycles. The highest BCUT2D eigenvalue weighted by atomic mass is 16.3. The van der Waals surface area contributed by atoms with Gasteiger partial charge in [-0.05, 0) is 17.5 Å². The lowest BCUT2D eigenvalue weighted by molar-refractivity contribution is -0.0658. The van der Waals surface area contributed by atoms with E-state index in [4.69, 9.17) is 0 Å². The van der Waals surface area contributed by atoms with Crippen molar-refractivity contribution in [3.8, 4) is 0 Å². The van der Waals surface area contributed by atoms with Crippen LogP contribution in [0.3, 0.4) is 0 Å². The molecule has 0 aromatic heterocycles. The first-order chi connectivity index (χ1) is 13.7. The highest BCUT2D eigenvalue weighted by molar-refractivity contribution is 5.99. The molecule has 3 heteroatoms. The molecular formula is C25H25NO2. The predicted molar refractivity (Wildman–Crippen MR) is 111 cm³/mol. The predicted octanol–water partition coefficient (Wildman–Crippen LogP) is 4.28. The minimum atomic E-state index is -1.15. The summed E-state index contributed by atoms with van der Waals surface area (Å²) in [5.74, 6) is -0.500. The monoisotopic (exact) mass is 371 g/mol. The minimum absolute atomic E-state index is 0.00437. The molecule has 2 atom stereocenters. The Morgan fingerprint density at radius 3 is 2.11 bits per heavy atom. The van der Waals surface area contributed by atoms with E-state index in [1.807, 2.05) is 78.9 Å². The summed E-state index contributed by atoms with van der Waals surface area (Å²) in [6.45, 7) is 2.07. The molecule has 28 heavy (non-hydrogen) atoms. The van der Waals surface area contributed by atoms with Crippen molar-refractivity contribution in [2.24, 2.45) is 5.92 Å². The van der Waals surface area contributed by atoms with Crippen LogP contribution in [0.1, 0.15) is 27.9 Å². The summed E-state index contributed by atoms with van der Waals surface area (Å²) in [6.07, 6.45) is 0.535. The number of carbonyl (C=O) groups excluding carboxylic acids is 1. The Balaban J connectivity index is 1.65. The molecule has 0 radical (unpaired) electrons. The van der Waals surface area contributed by atoms with E-state index < -0.39 is 11.5 Å². The zero-order valence-electron chi connectivity index (χ0n) is 15.9. The molecule has 0 aliphatic carbocycles. The number of aliphatic hydroxyl groups is 1. The molecule has 0 saturated carbocycles. The molecule has 3 aromatic rings. The van der Waals surface area contributed by atoms with Crippen LogP contribution in [0.4, 0.5) is 0 Å². The first kappa shape index (κ1) is 18.6. The Morgan fingerprint density at radius 1 is 0.893 bits per heavy atom. The molecule has 3 nitrogen and oxygen atoms in total. The fraction of sp³-hybridized carbons (Fsp3) is 0.240. The van der Waals surface area contributed by atoms with Gasteiger partial charge in [0.1, 0.15) is 5.60 Å². The van der Waals surface area contributed by atoms with Gasteiger partial charge >= 0.3 is 0 Å². The molecule has 0 bridgehead atoms. The number of Topliss-reactive ketones (excluding diaryl/α,β-unsaturated/α-hetero) is 1. The van der Waals surface area contributed by atoms with Crippen molar-refractivity contribution in [3.63, 3.8) is 0 Å². The van der Waals surface area contributed by atoms with Crippen LogP contribution in [0.15, 0.2) is 91.0 Å². The van der Waals surface area contributed by atoms with Gasteiger partial charge in [-0.3, -0.25) is 9.69 Å². The van der Waals surface area contributed by atoms with E-state index in [1.54, 1.807) is 0 Å². The van der Waals surface area contributed by atoms with Crippen molar-refractivity contribution in [2.45, 2.75) is 18.6 Å². The number of nitrogens with zero attached hydrogens (tertiary/aromatic N) is 1. The third kappa shape index (κ3) is 3.77. The topological polar surface area (TPSA) is 40.5 Å². The number of likely N-dealkylation sites (tertiary alicyclic amines) is 1. The largest absolute Gasteiger partial charge is 0.384 e. The van der Waals surface area contributed by atoms with E-state index in [1.165, 1.54) is 5.56 Å². The van der Waals surface area contributed by atoms with Crippen molar-refractivity contribution in [1.82, 2.24) is 4.90 Å². The van der Waals surface area contributed by atoms with Crippen LogP contribution in [0.5, 0.6) is 0 Å². The smallest absolute Gasteiger partial charge is 0.170 e. The second-order valence-electron chi connectivity index (χ2n) is 7.54. The number of hydrogen-bond donors (Lipinski definition) is 1. The normalized spacial score (nSPS) is 22.7. The molecule has 1 aliphatic rings. The van der Waals surface area contributed by atoms with Crippen LogP contribution in [0.2, 0.25) is 0 Å². The van der Waals surface area contributed by atoms with Gasteiger partial charge in [-0.25, -0.2) is 0 Å². The van der Waals surface area contributed by atoms with E-state index in [2.05, 4.69) is 17.0 Å². The van der Waals surface area contributed by atoms with E-state index in [9.17, 15) is 9.90 Å². The molecule has 1 heterocycles. The number of hydrogen-bond acceptors (Lipinski definition) is 3. The maximum absolute atomic E-state index is 13.4. The van der Waals surface area contributed by atoms with Crippen molar-refractivity contribution in [3.05, 3.63) is 108 Å². The van der Waals surface area contributed by atoms with Crippen LogP contribution >= 0.6 is 0 Å². The summed E-state index contributed by atoms with van der Waals surface area (Å²) in [4.78, 5) is 15.7. The van der Waals surface area contributed by atoms with Crippen LogP contribution in [0.25, 0.3) is 0 Å². The number of rotatable bonds is 5. The van der Waals surface area contributed by atoms with Gasteiger partial charge in [0.2, 0.25) is 0 Å². The van der Waals surface area contributed by atoms with Gasteiger partial charge < -0.3 is 5.11 Å². The highest BCUT2D eigenvalue weighted by Crippen LogP contribution is 2.39. The van der Waals surface area contributed by atoms with Gasteiger partial charge in [-0.1, -0.05) is 91.0 Å². The summed E-state index contributed by atoms with van der Waals surface area (Å²) in [5, 5.41) is 11.7. The average molecular weight is 371 g/mol. The van der Waals surface area contributed by atoms with Gasteiger partial charge in [-0.2, -0.15) is 0 Å². The molecule has 3 aromatic carbocycles. The summed E-state index contributed by atoms with van der Waals surface area (Å²) in [5.41, 5.74) is 1.55.